The van der Waals surface area contributed by atoms with Crippen LogP contribution in [-0.2, 0) is 6.42 Å². The number of aryl methyl sites for hydroxylation is 1. The molecule has 3 heteroatoms. The standard InChI is InChI=1S/C18H33N3/c1-7-16-9-11-17(12-10-16)18(19-4)14-21(8-2)15(3)13-20(5)6/h9-12,15,18-19H,7-8,13-14H2,1-6H3. The van der Waals surface area contributed by atoms with E-state index in [0.717, 1.165) is 26.1 Å². The van der Waals surface area contributed by atoms with Crippen molar-refractivity contribution in [2.45, 2.75) is 39.3 Å². The highest BCUT2D eigenvalue weighted by Crippen LogP contribution is 2.17. The van der Waals surface area contributed by atoms with Gasteiger partial charge in [-0.05, 0) is 52.2 Å². The molecule has 1 rings (SSSR count). The minimum atomic E-state index is 0.389. The second kappa shape index (κ2) is 9.19. The zero-order valence-corrected chi connectivity index (χ0v) is 14.7. The van der Waals surface area contributed by atoms with Gasteiger partial charge in [0.05, 0.1) is 0 Å². The van der Waals surface area contributed by atoms with Crippen LogP contribution in [0, 0.1) is 0 Å². The summed E-state index contributed by atoms with van der Waals surface area (Å²) in [5, 5.41) is 3.47. The highest BCUT2D eigenvalue weighted by Gasteiger charge is 2.18. The van der Waals surface area contributed by atoms with Crippen molar-refractivity contribution in [3.8, 4) is 0 Å². The van der Waals surface area contributed by atoms with Crippen molar-refractivity contribution in [3.63, 3.8) is 0 Å². The first-order chi connectivity index (χ1) is 10.0. The normalized spacial score (nSPS) is 14.7. The van der Waals surface area contributed by atoms with Gasteiger partial charge in [-0.3, -0.25) is 4.90 Å². The first-order valence-electron chi connectivity index (χ1n) is 8.16. The molecule has 0 saturated carbocycles. The number of benzene rings is 1. The Hall–Kier alpha value is -0.900. The Balaban J connectivity index is 2.73. The van der Waals surface area contributed by atoms with Gasteiger partial charge in [-0.25, -0.2) is 0 Å². The molecular formula is C18H33N3. The van der Waals surface area contributed by atoms with Crippen LogP contribution in [0.1, 0.15) is 37.9 Å². The molecule has 0 saturated heterocycles. The summed E-state index contributed by atoms with van der Waals surface area (Å²) < 4.78 is 0. The second-order valence-corrected chi connectivity index (χ2v) is 6.14. The third-order valence-corrected chi connectivity index (χ3v) is 4.21. The number of rotatable bonds is 9. The van der Waals surface area contributed by atoms with E-state index in [2.05, 4.69) is 81.3 Å². The largest absolute Gasteiger partial charge is 0.312 e. The maximum atomic E-state index is 3.47. The number of hydrogen-bond donors (Lipinski definition) is 1. The fraction of sp³-hybridized carbons (Fsp3) is 0.667. The highest BCUT2D eigenvalue weighted by atomic mass is 15.2. The predicted octanol–water partition coefficient (Wildman–Crippen LogP) is 2.78. The van der Waals surface area contributed by atoms with Crippen molar-refractivity contribution in [3.05, 3.63) is 35.4 Å². The molecule has 0 aliphatic carbocycles. The van der Waals surface area contributed by atoms with E-state index in [4.69, 9.17) is 0 Å². The van der Waals surface area contributed by atoms with E-state index >= 15 is 0 Å². The quantitative estimate of drug-likeness (QED) is 0.755. The topological polar surface area (TPSA) is 18.5 Å². The van der Waals surface area contributed by atoms with Gasteiger partial charge in [0.15, 0.2) is 0 Å². The lowest BCUT2D eigenvalue weighted by Gasteiger charge is -2.33. The molecule has 0 amide bonds. The molecule has 0 bridgehead atoms. The van der Waals surface area contributed by atoms with E-state index in [1.165, 1.54) is 11.1 Å². The van der Waals surface area contributed by atoms with Crippen LogP contribution in [0.2, 0.25) is 0 Å². The van der Waals surface area contributed by atoms with Gasteiger partial charge in [0.25, 0.3) is 0 Å². The Morgan fingerprint density at radius 2 is 1.67 bits per heavy atom. The maximum Gasteiger partial charge on any atom is 0.0446 e. The van der Waals surface area contributed by atoms with E-state index < -0.39 is 0 Å². The Kier molecular flexibility index (Phi) is 7.94. The van der Waals surface area contributed by atoms with Crippen molar-refractivity contribution < 1.29 is 0 Å². The second-order valence-electron chi connectivity index (χ2n) is 6.14. The average molecular weight is 291 g/mol. The lowest BCUT2D eigenvalue weighted by atomic mass is 10.0. The Labute approximate surface area is 131 Å². The monoisotopic (exact) mass is 291 g/mol. The maximum absolute atomic E-state index is 3.47. The Morgan fingerprint density at radius 3 is 2.10 bits per heavy atom. The molecule has 0 aliphatic rings. The molecule has 1 aromatic carbocycles. The van der Waals surface area contributed by atoms with Crippen LogP contribution in [0.15, 0.2) is 24.3 Å². The molecular weight excluding hydrogens is 258 g/mol. The third-order valence-electron chi connectivity index (χ3n) is 4.21. The fourth-order valence-electron chi connectivity index (χ4n) is 2.85. The Bertz CT molecular complexity index is 386. The van der Waals surface area contributed by atoms with Gasteiger partial charge in [0.1, 0.15) is 0 Å². The molecule has 120 valence electrons. The molecule has 0 heterocycles. The minimum Gasteiger partial charge on any atom is -0.312 e. The third kappa shape index (κ3) is 5.77. The van der Waals surface area contributed by atoms with E-state index in [1.54, 1.807) is 0 Å². The molecule has 0 spiro atoms. The summed E-state index contributed by atoms with van der Waals surface area (Å²) >= 11 is 0. The van der Waals surface area contributed by atoms with Crippen LogP contribution in [0.3, 0.4) is 0 Å². The number of nitrogens with one attached hydrogen (secondary N) is 1. The molecule has 1 N–H and O–H groups in total. The summed E-state index contributed by atoms with van der Waals surface area (Å²) in [5.74, 6) is 0. The van der Waals surface area contributed by atoms with Crippen molar-refractivity contribution in [1.29, 1.82) is 0 Å². The number of likely N-dealkylation sites (N-methyl/N-ethyl adjacent to an activating group) is 3. The van der Waals surface area contributed by atoms with Gasteiger partial charge >= 0.3 is 0 Å². The van der Waals surface area contributed by atoms with Gasteiger partial charge in [-0.2, -0.15) is 0 Å². The van der Waals surface area contributed by atoms with Gasteiger partial charge in [-0.1, -0.05) is 38.1 Å². The summed E-state index contributed by atoms with van der Waals surface area (Å²) in [6.07, 6.45) is 1.10. The molecule has 2 unspecified atom stereocenters. The molecule has 0 radical (unpaired) electrons. The molecule has 21 heavy (non-hydrogen) atoms. The summed E-state index contributed by atoms with van der Waals surface area (Å²) in [5.41, 5.74) is 2.78. The van der Waals surface area contributed by atoms with Gasteiger partial charge in [-0.15, -0.1) is 0 Å². The molecule has 0 aromatic heterocycles. The van der Waals surface area contributed by atoms with Crippen molar-refractivity contribution in [2.75, 3.05) is 40.8 Å². The molecule has 3 nitrogen and oxygen atoms in total. The van der Waals surface area contributed by atoms with Crippen LogP contribution in [0.4, 0.5) is 0 Å². The van der Waals surface area contributed by atoms with E-state index in [0.29, 0.717) is 12.1 Å². The lowest BCUT2D eigenvalue weighted by molar-refractivity contribution is 0.166. The van der Waals surface area contributed by atoms with Crippen LogP contribution >= 0.6 is 0 Å². The van der Waals surface area contributed by atoms with Crippen LogP contribution in [0.5, 0.6) is 0 Å². The summed E-state index contributed by atoms with van der Waals surface area (Å²) in [6, 6.07) is 9.99. The van der Waals surface area contributed by atoms with Gasteiger partial charge in [0, 0.05) is 25.2 Å². The predicted molar refractivity (Wildman–Crippen MR) is 92.9 cm³/mol. The highest BCUT2D eigenvalue weighted by molar-refractivity contribution is 5.25. The zero-order chi connectivity index (χ0) is 15.8. The first-order valence-corrected chi connectivity index (χ1v) is 8.16. The van der Waals surface area contributed by atoms with Crippen molar-refractivity contribution in [1.82, 2.24) is 15.1 Å². The first kappa shape index (κ1) is 18.1. The van der Waals surface area contributed by atoms with E-state index in [1.807, 2.05) is 0 Å². The smallest absolute Gasteiger partial charge is 0.0446 e. The van der Waals surface area contributed by atoms with E-state index in [9.17, 15) is 0 Å². The minimum absolute atomic E-state index is 0.389. The van der Waals surface area contributed by atoms with Gasteiger partial charge in [0.2, 0.25) is 0 Å². The number of nitrogens with zero attached hydrogens (tertiary/aromatic N) is 2. The SMILES string of the molecule is CCc1ccc(C(CN(CC)C(C)CN(C)C)NC)cc1. The fourth-order valence-corrected chi connectivity index (χ4v) is 2.85. The van der Waals surface area contributed by atoms with E-state index in [-0.39, 0.29) is 0 Å². The molecule has 0 aliphatic heterocycles. The van der Waals surface area contributed by atoms with Gasteiger partial charge < -0.3 is 10.2 Å². The Morgan fingerprint density at radius 1 is 1.05 bits per heavy atom. The molecule has 0 fully saturated rings. The average Bonchev–Trinajstić information content (AvgIpc) is 2.48. The zero-order valence-electron chi connectivity index (χ0n) is 14.7. The summed E-state index contributed by atoms with van der Waals surface area (Å²) in [4.78, 5) is 4.81. The molecule has 1 aromatic rings. The lowest BCUT2D eigenvalue weighted by Crippen LogP contribution is -2.43. The summed E-state index contributed by atoms with van der Waals surface area (Å²) in [6.45, 7) is 9.99. The summed E-state index contributed by atoms with van der Waals surface area (Å²) in [7, 11) is 6.34. The molecule has 2 atom stereocenters. The van der Waals surface area contributed by atoms with Crippen molar-refractivity contribution in [2.24, 2.45) is 0 Å². The van der Waals surface area contributed by atoms with Crippen LogP contribution in [-0.4, -0.2) is 56.6 Å². The van der Waals surface area contributed by atoms with Crippen LogP contribution in [0.25, 0.3) is 0 Å². The number of hydrogen-bond acceptors (Lipinski definition) is 3. The van der Waals surface area contributed by atoms with Crippen LogP contribution < -0.4 is 5.32 Å². The van der Waals surface area contributed by atoms with Crippen molar-refractivity contribution >= 4 is 0 Å².